The zero-order valence-electron chi connectivity index (χ0n) is 16.4. The number of nitrogens with one attached hydrogen (secondary N) is 1. The molecule has 6 nitrogen and oxygen atoms in total. The summed E-state index contributed by atoms with van der Waals surface area (Å²) >= 11 is 0. The Labute approximate surface area is 158 Å². The number of nitrogens with zero attached hydrogens (tertiary/aromatic N) is 3. The second-order valence-corrected chi connectivity index (χ2v) is 7.74. The maximum Gasteiger partial charge on any atom is 0.270 e. The molecule has 1 saturated heterocycles. The molecule has 1 aromatic carbocycles. The van der Waals surface area contributed by atoms with Gasteiger partial charge in [-0.15, -0.1) is 0 Å². The average Bonchev–Trinajstić information content (AvgIpc) is 3.22. The van der Waals surface area contributed by atoms with E-state index in [-0.39, 0.29) is 5.91 Å². The number of hydrogen-bond acceptors (Lipinski definition) is 4. The smallest absolute Gasteiger partial charge is 0.270 e. The molecule has 0 atom stereocenters. The van der Waals surface area contributed by atoms with E-state index in [0.717, 1.165) is 55.0 Å². The summed E-state index contributed by atoms with van der Waals surface area (Å²) in [4.78, 5) is 22.8. The molecule has 142 valence electrons. The van der Waals surface area contributed by atoms with Crippen molar-refractivity contribution in [3.8, 4) is 0 Å². The average molecular weight is 366 g/mol. The Balaban J connectivity index is 1.48. The molecule has 0 spiro atoms. The number of benzene rings is 1. The monoisotopic (exact) mass is 366 g/mol. The third-order valence-electron chi connectivity index (χ3n) is 5.78. The van der Waals surface area contributed by atoms with E-state index in [1.165, 1.54) is 16.5 Å². The SMILES string of the molecule is Cc1nc(CC2CCN(C(=O)c3[nH]c4c(C)ccc(C)c4c3C)CC2)no1. The molecule has 1 N–H and O–H groups in total. The lowest BCUT2D eigenvalue weighted by molar-refractivity contribution is 0.0684. The van der Waals surface area contributed by atoms with E-state index in [1.54, 1.807) is 0 Å². The van der Waals surface area contributed by atoms with Crippen LogP contribution >= 0.6 is 0 Å². The van der Waals surface area contributed by atoms with Gasteiger partial charge in [0.05, 0.1) is 0 Å². The third kappa shape index (κ3) is 3.24. The van der Waals surface area contributed by atoms with Gasteiger partial charge in [0.25, 0.3) is 5.91 Å². The summed E-state index contributed by atoms with van der Waals surface area (Å²) in [5.74, 6) is 1.99. The van der Waals surface area contributed by atoms with Gasteiger partial charge in [-0.3, -0.25) is 4.79 Å². The molecule has 0 bridgehead atoms. The Hall–Kier alpha value is -2.63. The number of rotatable bonds is 3. The van der Waals surface area contributed by atoms with Crippen molar-refractivity contribution in [3.05, 3.63) is 46.2 Å². The zero-order chi connectivity index (χ0) is 19.1. The van der Waals surface area contributed by atoms with Crippen LogP contribution in [-0.4, -0.2) is 39.0 Å². The van der Waals surface area contributed by atoms with Crippen molar-refractivity contribution in [1.29, 1.82) is 0 Å². The zero-order valence-corrected chi connectivity index (χ0v) is 16.4. The molecule has 0 unspecified atom stereocenters. The topological polar surface area (TPSA) is 75.0 Å². The molecule has 1 aliphatic rings. The number of fused-ring (bicyclic) bond motifs is 1. The molecule has 3 aromatic rings. The molecule has 1 aliphatic heterocycles. The summed E-state index contributed by atoms with van der Waals surface area (Å²) in [6.45, 7) is 9.58. The Morgan fingerprint density at radius 2 is 1.89 bits per heavy atom. The van der Waals surface area contributed by atoms with Crippen molar-refractivity contribution >= 4 is 16.8 Å². The van der Waals surface area contributed by atoms with Crippen LogP contribution in [0.4, 0.5) is 0 Å². The Morgan fingerprint density at radius 1 is 1.19 bits per heavy atom. The minimum absolute atomic E-state index is 0.108. The molecule has 0 aliphatic carbocycles. The molecule has 2 aromatic heterocycles. The number of aromatic amines is 1. The quantitative estimate of drug-likeness (QED) is 0.763. The van der Waals surface area contributed by atoms with E-state index in [2.05, 4.69) is 41.1 Å². The fraction of sp³-hybridized carbons (Fsp3) is 0.476. The number of carbonyl (C=O) groups is 1. The van der Waals surface area contributed by atoms with Gasteiger partial charge in [0, 0.05) is 37.3 Å². The van der Waals surface area contributed by atoms with E-state index in [0.29, 0.717) is 11.8 Å². The van der Waals surface area contributed by atoms with Crippen LogP contribution in [0, 0.1) is 33.6 Å². The third-order valence-corrected chi connectivity index (χ3v) is 5.78. The molecule has 6 heteroatoms. The lowest BCUT2D eigenvalue weighted by Crippen LogP contribution is -2.39. The van der Waals surface area contributed by atoms with Crippen LogP contribution < -0.4 is 0 Å². The van der Waals surface area contributed by atoms with Crippen LogP contribution in [0.25, 0.3) is 10.9 Å². The molecule has 27 heavy (non-hydrogen) atoms. The normalized spacial score (nSPS) is 15.6. The first kappa shape index (κ1) is 17.8. The lowest BCUT2D eigenvalue weighted by atomic mass is 9.93. The van der Waals surface area contributed by atoms with Crippen molar-refractivity contribution in [1.82, 2.24) is 20.0 Å². The molecule has 1 fully saturated rings. The lowest BCUT2D eigenvalue weighted by Gasteiger charge is -2.31. The summed E-state index contributed by atoms with van der Waals surface area (Å²) in [6.07, 6.45) is 2.76. The fourth-order valence-electron chi connectivity index (χ4n) is 4.19. The van der Waals surface area contributed by atoms with Crippen LogP contribution in [0.15, 0.2) is 16.7 Å². The first-order valence-electron chi connectivity index (χ1n) is 9.61. The van der Waals surface area contributed by atoms with E-state index in [9.17, 15) is 4.79 Å². The molecular weight excluding hydrogens is 340 g/mol. The minimum atomic E-state index is 0.108. The number of likely N-dealkylation sites (tertiary alicyclic amines) is 1. The predicted molar refractivity (Wildman–Crippen MR) is 104 cm³/mol. The molecular formula is C21H26N4O2. The Morgan fingerprint density at radius 3 is 2.52 bits per heavy atom. The molecule has 3 heterocycles. The number of aromatic nitrogens is 3. The molecule has 1 amide bonds. The van der Waals surface area contributed by atoms with Gasteiger partial charge in [0.2, 0.25) is 5.89 Å². The van der Waals surface area contributed by atoms with Gasteiger partial charge in [0.1, 0.15) is 5.69 Å². The molecule has 4 rings (SSSR count). The van der Waals surface area contributed by atoms with Gasteiger partial charge < -0.3 is 14.4 Å². The van der Waals surface area contributed by atoms with Crippen molar-refractivity contribution < 1.29 is 9.32 Å². The number of amides is 1. The maximum absolute atomic E-state index is 13.1. The highest BCUT2D eigenvalue weighted by Crippen LogP contribution is 2.29. The molecule has 0 radical (unpaired) electrons. The number of aryl methyl sites for hydroxylation is 4. The Kier molecular flexibility index (Phi) is 4.50. The second kappa shape index (κ2) is 6.83. The van der Waals surface area contributed by atoms with E-state index in [1.807, 2.05) is 18.7 Å². The largest absolute Gasteiger partial charge is 0.350 e. The van der Waals surface area contributed by atoms with Crippen LogP contribution in [0.3, 0.4) is 0 Å². The number of H-pyrrole nitrogens is 1. The van der Waals surface area contributed by atoms with Crippen molar-refractivity contribution in [2.45, 2.75) is 47.0 Å². The second-order valence-electron chi connectivity index (χ2n) is 7.74. The maximum atomic E-state index is 13.1. The highest BCUT2D eigenvalue weighted by atomic mass is 16.5. The van der Waals surface area contributed by atoms with Gasteiger partial charge in [-0.05, 0) is 56.2 Å². The minimum Gasteiger partial charge on any atom is -0.350 e. The highest BCUT2D eigenvalue weighted by molar-refractivity contribution is 6.02. The number of piperidine rings is 1. The van der Waals surface area contributed by atoms with Crippen LogP contribution in [0.1, 0.15) is 51.7 Å². The van der Waals surface area contributed by atoms with Gasteiger partial charge in [-0.25, -0.2) is 0 Å². The first-order valence-corrected chi connectivity index (χ1v) is 9.61. The summed E-state index contributed by atoms with van der Waals surface area (Å²) < 4.78 is 5.05. The first-order chi connectivity index (χ1) is 12.9. The summed E-state index contributed by atoms with van der Waals surface area (Å²) in [5.41, 5.74) is 5.25. The van der Waals surface area contributed by atoms with Gasteiger partial charge >= 0.3 is 0 Å². The van der Waals surface area contributed by atoms with Gasteiger partial charge in [-0.2, -0.15) is 4.98 Å². The van der Waals surface area contributed by atoms with Gasteiger partial charge in [-0.1, -0.05) is 17.3 Å². The summed E-state index contributed by atoms with van der Waals surface area (Å²) in [5, 5.41) is 5.17. The van der Waals surface area contributed by atoms with Crippen molar-refractivity contribution in [2.24, 2.45) is 5.92 Å². The summed E-state index contributed by atoms with van der Waals surface area (Å²) in [7, 11) is 0. The fourth-order valence-corrected chi connectivity index (χ4v) is 4.19. The summed E-state index contributed by atoms with van der Waals surface area (Å²) in [6, 6.07) is 4.23. The van der Waals surface area contributed by atoms with E-state index >= 15 is 0 Å². The number of hydrogen-bond donors (Lipinski definition) is 1. The van der Waals surface area contributed by atoms with E-state index in [4.69, 9.17) is 4.52 Å². The Bertz CT molecular complexity index is 993. The van der Waals surface area contributed by atoms with Gasteiger partial charge in [0.15, 0.2) is 5.82 Å². The molecule has 0 saturated carbocycles. The van der Waals surface area contributed by atoms with E-state index < -0.39 is 0 Å². The van der Waals surface area contributed by atoms with Crippen LogP contribution in [0.5, 0.6) is 0 Å². The number of carbonyl (C=O) groups excluding carboxylic acids is 1. The van der Waals surface area contributed by atoms with Crippen molar-refractivity contribution in [3.63, 3.8) is 0 Å². The standard InChI is InChI=1S/C21H26N4O2/c1-12-5-6-13(2)19-18(12)14(3)20(23-19)21(26)25-9-7-16(8-10-25)11-17-22-15(4)27-24-17/h5-6,16,23H,7-11H2,1-4H3. The van der Waals surface area contributed by atoms with Crippen LogP contribution in [0.2, 0.25) is 0 Å². The van der Waals surface area contributed by atoms with Crippen LogP contribution in [-0.2, 0) is 6.42 Å². The highest BCUT2D eigenvalue weighted by Gasteiger charge is 2.27. The predicted octanol–water partition coefficient (Wildman–Crippen LogP) is 3.88. The van der Waals surface area contributed by atoms with Crippen molar-refractivity contribution in [2.75, 3.05) is 13.1 Å².